The second kappa shape index (κ2) is 5.32. The van der Waals surface area contributed by atoms with Crippen LogP contribution in [0.25, 0.3) is 0 Å². The third-order valence-corrected chi connectivity index (χ3v) is 2.08. The van der Waals surface area contributed by atoms with Crippen molar-refractivity contribution in [3.8, 4) is 0 Å². The van der Waals surface area contributed by atoms with Crippen LogP contribution in [0.2, 0.25) is 0 Å². The summed E-state index contributed by atoms with van der Waals surface area (Å²) in [6, 6.07) is 0.458. The van der Waals surface area contributed by atoms with Gasteiger partial charge in [-0.05, 0) is 33.7 Å². The molecule has 1 unspecified atom stereocenters. The lowest BCUT2D eigenvalue weighted by molar-refractivity contribution is 0.0522. The maximum absolute atomic E-state index is 11.2. The van der Waals surface area contributed by atoms with E-state index < -0.39 is 5.60 Å². The first-order chi connectivity index (χ1) is 6.97. The standard InChI is InChI=1S/C10H21N3O2/c1-10(2,3)15-9(14)13-7-12-8-4-5-11-6-8/h8,11-12H,4-7H2,1-3H3,(H,13,14). The highest BCUT2D eigenvalue weighted by Crippen LogP contribution is 2.06. The van der Waals surface area contributed by atoms with E-state index in [2.05, 4.69) is 16.0 Å². The Morgan fingerprint density at radius 3 is 2.80 bits per heavy atom. The van der Waals surface area contributed by atoms with Crippen LogP contribution in [0.5, 0.6) is 0 Å². The fraction of sp³-hybridized carbons (Fsp3) is 0.900. The monoisotopic (exact) mass is 215 g/mol. The van der Waals surface area contributed by atoms with E-state index in [0.717, 1.165) is 19.5 Å². The predicted octanol–water partition coefficient (Wildman–Crippen LogP) is 0.420. The van der Waals surface area contributed by atoms with Gasteiger partial charge in [0, 0.05) is 12.6 Å². The third kappa shape index (κ3) is 5.59. The van der Waals surface area contributed by atoms with Crippen molar-refractivity contribution in [2.45, 2.75) is 38.8 Å². The first-order valence-electron chi connectivity index (χ1n) is 5.38. The lowest BCUT2D eigenvalue weighted by Gasteiger charge is -2.20. The maximum atomic E-state index is 11.2. The highest BCUT2D eigenvalue weighted by molar-refractivity contribution is 5.67. The normalized spacial score (nSPS) is 21.4. The van der Waals surface area contributed by atoms with Gasteiger partial charge in [0.1, 0.15) is 5.60 Å². The van der Waals surface area contributed by atoms with E-state index in [-0.39, 0.29) is 6.09 Å². The van der Waals surface area contributed by atoms with Crippen molar-refractivity contribution >= 4 is 6.09 Å². The Hall–Kier alpha value is -0.810. The lowest BCUT2D eigenvalue weighted by Crippen LogP contribution is -2.42. The first-order valence-corrected chi connectivity index (χ1v) is 5.38. The number of hydrogen-bond donors (Lipinski definition) is 3. The summed E-state index contributed by atoms with van der Waals surface area (Å²) < 4.78 is 5.10. The number of nitrogens with one attached hydrogen (secondary N) is 3. The van der Waals surface area contributed by atoms with Crippen molar-refractivity contribution in [3.05, 3.63) is 0 Å². The highest BCUT2D eigenvalue weighted by Gasteiger charge is 2.17. The number of alkyl carbamates (subject to hydrolysis) is 1. The Bertz CT molecular complexity index is 207. The van der Waals surface area contributed by atoms with Crippen molar-refractivity contribution in [1.82, 2.24) is 16.0 Å². The van der Waals surface area contributed by atoms with Crippen LogP contribution in [0, 0.1) is 0 Å². The minimum Gasteiger partial charge on any atom is -0.444 e. The number of carbonyl (C=O) groups excluding carboxylic acids is 1. The van der Waals surface area contributed by atoms with Gasteiger partial charge in [0.15, 0.2) is 0 Å². The SMILES string of the molecule is CC(C)(C)OC(=O)NCNC1CCNC1. The quantitative estimate of drug-likeness (QED) is 0.597. The van der Waals surface area contributed by atoms with Crippen LogP contribution in [-0.4, -0.2) is 37.5 Å². The molecule has 1 aliphatic heterocycles. The molecule has 0 aliphatic carbocycles. The third-order valence-electron chi connectivity index (χ3n) is 2.08. The molecular weight excluding hydrogens is 194 g/mol. The van der Waals surface area contributed by atoms with Crippen LogP contribution in [0.3, 0.4) is 0 Å². The molecule has 1 saturated heterocycles. The van der Waals surface area contributed by atoms with Gasteiger partial charge in [-0.1, -0.05) is 0 Å². The van der Waals surface area contributed by atoms with Crippen molar-refractivity contribution in [1.29, 1.82) is 0 Å². The summed E-state index contributed by atoms with van der Waals surface area (Å²) in [6.45, 7) is 8.02. The molecule has 1 atom stereocenters. The lowest BCUT2D eigenvalue weighted by atomic mass is 10.2. The first kappa shape index (κ1) is 12.3. The molecule has 0 aromatic heterocycles. The predicted molar refractivity (Wildman–Crippen MR) is 58.6 cm³/mol. The maximum Gasteiger partial charge on any atom is 0.408 e. The summed E-state index contributed by atoms with van der Waals surface area (Å²) in [5.41, 5.74) is -0.432. The number of ether oxygens (including phenoxy) is 1. The van der Waals surface area contributed by atoms with Crippen LogP contribution >= 0.6 is 0 Å². The van der Waals surface area contributed by atoms with Gasteiger partial charge in [0.05, 0.1) is 6.67 Å². The number of hydrogen-bond acceptors (Lipinski definition) is 4. The number of rotatable bonds is 3. The van der Waals surface area contributed by atoms with E-state index in [0.29, 0.717) is 12.7 Å². The zero-order valence-electron chi connectivity index (χ0n) is 9.72. The van der Waals surface area contributed by atoms with E-state index in [1.54, 1.807) is 0 Å². The van der Waals surface area contributed by atoms with Gasteiger partial charge < -0.3 is 15.4 Å². The van der Waals surface area contributed by atoms with Gasteiger partial charge in [-0.2, -0.15) is 0 Å². The summed E-state index contributed by atoms with van der Waals surface area (Å²) >= 11 is 0. The minimum atomic E-state index is -0.432. The largest absolute Gasteiger partial charge is 0.444 e. The van der Waals surface area contributed by atoms with E-state index in [1.807, 2.05) is 20.8 Å². The van der Waals surface area contributed by atoms with Crippen molar-refractivity contribution < 1.29 is 9.53 Å². The molecule has 15 heavy (non-hydrogen) atoms. The Kier molecular flexibility index (Phi) is 4.35. The Morgan fingerprint density at radius 1 is 1.53 bits per heavy atom. The summed E-state index contributed by atoms with van der Waals surface area (Å²) in [6.07, 6.45) is 0.733. The molecule has 1 amide bonds. The summed E-state index contributed by atoms with van der Waals surface area (Å²) in [5.74, 6) is 0. The fourth-order valence-electron chi connectivity index (χ4n) is 1.41. The molecule has 88 valence electrons. The van der Waals surface area contributed by atoms with E-state index in [4.69, 9.17) is 4.74 Å². The molecule has 0 saturated carbocycles. The molecule has 5 nitrogen and oxygen atoms in total. The molecule has 5 heteroatoms. The van der Waals surface area contributed by atoms with E-state index in [9.17, 15) is 4.79 Å². The van der Waals surface area contributed by atoms with Crippen LogP contribution in [0.15, 0.2) is 0 Å². The molecule has 1 rings (SSSR count). The minimum absolute atomic E-state index is 0.374. The Morgan fingerprint density at radius 2 is 2.27 bits per heavy atom. The molecule has 1 heterocycles. The van der Waals surface area contributed by atoms with E-state index in [1.165, 1.54) is 0 Å². The average Bonchev–Trinajstić information content (AvgIpc) is 2.53. The smallest absolute Gasteiger partial charge is 0.408 e. The highest BCUT2D eigenvalue weighted by atomic mass is 16.6. The Labute approximate surface area is 90.9 Å². The van der Waals surface area contributed by atoms with Gasteiger partial charge >= 0.3 is 6.09 Å². The number of amides is 1. The molecule has 0 aromatic carbocycles. The fourth-order valence-corrected chi connectivity index (χ4v) is 1.41. The van der Waals surface area contributed by atoms with Gasteiger partial charge in [0.25, 0.3) is 0 Å². The van der Waals surface area contributed by atoms with Crippen LogP contribution < -0.4 is 16.0 Å². The Balaban J connectivity index is 2.06. The van der Waals surface area contributed by atoms with Crippen molar-refractivity contribution in [2.75, 3.05) is 19.8 Å². The zero-order valence-corrected chi connectivity index (χ0v) is 9.72. The van der Waals surface area contributed by atoms with Gasteiger partial charge in [-0.3, -0.25) is 5.32 Å². The molecule has 1 fully saturated rings. The number of carbonyl (C=O) groups is 1. The molecular formula is C10H21N3O2. The van der Waals surface area contributed by atoms with Gasteiger partial charge in [0.2, 0.25) is 0 Å². The summed E-state index contributed by atoms with van der Waals surface area (Å²) in [7, 11) is 0. The molecule has 0 aromatic rings. The average molecular weight is 215 g/mol. The van der Waals surface area contributed by atoms with Crippen LogP contribution in [-0.2, 0) is 4.74 Å². The topological polar surface area (TPSA) is 62.4 Å². The summed E-state index contributed by atoms with van der Waals surface area (Å²) in [5, 5.41) is 9.13. The van der Waals surface area contributed by atoms with Crippen LogP contribution in [0.4, 0.5) is 4.79 Å². The second-order valence-electron chi connectivity index (χ2n) is 4.75. The van der Waals surface area contributed by atoms with Crippen LogP contribution in [0.1, 0.15) is 27.2 Å². The summed E-state index contributed by atoms with van der Waals surface area (Å²) in [4.78, 5) is 11.2. The molecule has 3 N–H and O–H groups in total. The zero-order chi connectivity index (χ0) is 11.3. The van der Waals surface area contributed by atoms with Gasteiger partial charge in [-0.15, -0.1) is 0 Å². The van der Waals surface area contributed by atoms with E-state index >= 15 is 0 Å². The van der Waals surface area contributed by atoms with Crippen molar-refractivity contribution in [3.63, 3.8) is 0 Å². The molecule has 1 aliphatic rings. The van der Waals surface area contributed by atoms with Crippen molar-refractivity contribution in [2.24, 2.45) is 0 Å². The second-order valence-corrected chi connectivity index (χ2v) is 4.75. The van der Waals surface area contributed by atoms with Gasteiger partial charge in [-0.25, -0.2) is 4.79 Å². The molecule has 0 bridgehead atoms. The molecule has 0 spiro atoms. The molecule has 0 radical (unpaired) electrons.